The van der Waals surface area contributed by atoms with E-state index < -0.39 is 10.0 Å². The smallest absolute Gasteiger partial charge is 0.317 e. The lowest BCUT2D eigenvalue weighted by molar-refractivity contribution is -0.121. The largest absolute Gasteiger partial charge is 0.334 e. The Bertz CT molecular complexity index is 1010. The minimum atomic E-state index is -3.36. The maximum absolute atomic E-state index is 12.6. The molecule has 1 fully saturated rings. The van der Waals surface area contributed by atoms with Gasteiger partial charge in [0.15, 0.2) is 0 Å². The van der Waals surface area contributed by atoms with Crippen LogP contribution in [0.1, 0.15) is 24.0 Å². The Hall–Kier alpha value is -2.91. The number of carbonyl (C=O) groups excluding carboxylic acids is 2. The summed E-state index contributed by atoms with van der Waals surface area (Å²) in [7, 11) is -1.98. The molecule has 0 bridgehead atoms. The summed E-state index contributed by atoms with van der Waals surface area (Å²) < 4.78 is 25.8. The van der Waals surface area contributed by atoms with Crippen LogP contribution in [0.5, 0.6) is 0 Å². The van der Waals surface area contributed by atoms with Crippen LogP contribution in [0, 0.1) is 5.92 Å². The molecular formula is C22H28N4O4S. The molecule has 2 aromatic rings. The van der Waals surface area contributed by atoms with E-state index in [2.05, 4.69) is 15.4 Å². The molecule has 31 heavy (non-hydrogen) atoms. The molecule has 8 nitrogen and oxygen atoms in total. The Balaban J connectivity index is 1.53. The lowest BCUT2D eigenvalue weighted by Gasteiger charge is -2.32. The van der Waals surface area contributed by atoms with Gasteiger partial charge in [0, 0.05) is 25.3 Å². The topological polar surface area (TPSA) is 108 Å². The number of carbonyl (C=O) groups is 2. The molecule has 0 saturated carbocycles. The molecule has 166 valence electrons. The van der Waals surface area contributed by atoms with Crippen molar-refractivity contribution in [3.8, 4) is 0 Å². The number of para-hydroxylation sites is 1. The van der Waals surface area contributed by atoms with Crippen LogP contribution in [0.15, 0.2) is 54.6 Å². The number of likely N-dealkylation sites (tertiary alicyclic amines) is 1. The minimum Gasteiger partial charge on any atom is -0.334 e. The van der Waals surface area contributed by atoms with E-state index in [9.17, 15) is 18.0 Å². The van der Waals surface area contributed by atoms with Crippen LogP contribution < -0.4 is 15.4 Å². The second-order valence-corrected chi connectivity index (χ2v) is 9.51. The average molecular weight is 445 g/mol. The highest BCUT2D eigenvalue weighted by atomic mass is 32.2. The van der Waals surface area contributed by atoms with Crippen molar-refractivity contribution in [2.75, 3.05) is 25.5 Å². The first-order valence-electron chi connectivity index (χ1n) is 10.2. The van der Waals surface area contributed by atoms with Crippen LogP contribution in [0.25, 0.3) is 0 Å². The third-order valence-corrected chi connectivity index (χ3v) is 6.56. The fraction of sp³-hybridized carbons (Fsp3) is 0.364. The summed E-state index contributed by atoms with van der Waals surface area (Å²) in [6.07, 6.45) is 1.50. The number of benzene rings is 2. The number of nitrogens with zero attached hydrogens (tertiary/aromatic N) is 1. The van der Waals surface area contributed by atoms with E-state index in [1.54, 1.807) is 23.1 Å². The first-order chi connectivity index (χ1) is 14.9. The second-order valence-electron chi connectivity index (χ2n) is 7.58. The highest BCUT2D eigenvalue weighted by Crippen LogP contribution is 2.19. The van der Waals surface area contributed by atoms with Gasteiger partial charge in [-0.15, -0.1) is 0 Å². The van der Waals surface area contributed by atoms with Gasteiger partial charge in [-0.3, -0.25) is 4.79 Å². The molecule has 0 aliphatic carbocycles. The number of sulfonamides is 1. The van der Waals surface area contributed by atoms with Gasteiger partial charge in [0.2, 0.25) is 15.9 Å². The Morgan fingerprint density at radius 3 is 2.55 bits per heavy atom. The van der Waals surface area contributed by atoms with Gasteiger partial charge in [0.1, 0.15) is 0 Å². The predicted molar refractivity (Wildman–Crippen MR) is 120 cm³/mol. The summed E-state index contributed by atoms with van der Waals surface area (Å²) in [5.41, 5.74) is 2.21. The molecule has 0 aromatic heterocycles. The van der Waals surface area contributed by atoms with Gasteiger partial charge in [0.05, 0.1) is 11.7 Å². The van der Waals surface area contributed by atoms with Crippen molar-refractivity contribution in [3.63, 3.8) is 0 Å². The van der Waals surface area contributed by atoms with Crippen LogP contribution in [-0.2, 0) is 27.1 Å². The molecule has 3 rings (SSSR count). The minimum absolute atomic E-state index is 0.0813. The van der Waals surface area contributed by atoms with Gasteiger partial charge >= 0.3 is 6.03 Å². The van der Waals surface area contributed by atoms with Gasteiger partial charge < -0.3 is 15.5 Å². The highest BCUT2D eigenvalue weighted by Gasteiger charge is 2.28. The number of anilines is 1. The summed E-state index contributed by atoms with van der Waals surface area (Å²) in [4.78, 5) is 26.9. The van der Waals surface area contributed by atoms with Crippen molar-refractivity contribution in [2.24, 2.45) is 5.92 Å². The van der Waals surface area contributed by atoms with Crippen LogP contribution in [0.2, 0.25) is 0 Å². The maximum Gasteiger partial charge on any atom is 0.317 e. The molecule has 1 aliphatic rings. The van der Waals surface area contributed by atoms with Crippen LogP contribution in [0.4, 0.5) is 10.5 Å². The number of hydrogen-bond acceptors (Lipinski definition) is 4. The fourth-order valence-electron chi connectivity index (χ4n) is 3.55. The summed E-state index contributed by atoms with van der Waals surface area (Å²) in [6.45, 7) is 1.25. The Kier molecular flexibility index (Phi) is 7.64. The monoisotopic (exact) mass is 444 g/mol. The maximum atomic E-state index is 12.6. The van der Waals surface area contributed by atoms with E-state index >= 15 is 0 Å². The van der Waals surface area contributed by atoms with Crippen molar-refractivity contribution in [2.45, 2.75) is 25.1 Å². The normalized spacial score (nSPS) is 16.5. The van der Waals surface area contributed by atoms with Gasteiger partial charge in [-0.25, -0.2) is 17.9 Å². The molecule has 1 saturated heterocycles. The molecule has 1 aliphatic heterocycles. The summed E-state index contributed by atoms with van der Waals surface area (Å²) >= 11 is 0. The van der Waals surface area contributed by atoms with E-state index in [4.69, 9.17) is 0 Å². The number of hydrogen-bond donors (Lipinski definition) is 3. The molecule has 1 heterocycles. The quantitative estimate of drug-likeness (QED) is 0.609. The molecule has 1 unspecified atom stereocenters. The molecule has 9 heteroatoms. The number of piperidine rings is 1. The van der Waals surface area contributed by atoms with E-state index in [1.807, 2.05) is 36.4 Å². The van der Waals surface area contributed by atoms with Crippen molar-refractivity contribution >= 4 is 27.6 Å². The third-order valence-electron chi connectivity index (χ3n) is 5.22. The van der Waals surface area contributed by atoms with E-state index in [-0.39, 0.29) is 30.2 Å². The molecule has 0 radical (unpaired) electrons. The van der Waals surface area contributed by atoms with Crippen LogP contribution in [-0.4, -0.2) is 45.4 Å². The molecule has 3 N–H and O–H groups in total. The SMILES string of the molecule is CNS(=O)(=O)Cc1cccc(CNC(=O)N2CCCC(C(=O)Nc3ccccc3)C2)c1. The van der Waals surface area contributed by atoms with Crippen molar-refractivity contribution in [3.05, 3.63) is 65.7 Å². The van der Waals surface area contributed by atoms with Crippen molar-refractivity contribution in [1.82, 2.24) is 14.9 Å². The zero-order valence-electron chi connectivity index (χ0n) is 17.5. The molecule has 1 atom stereocenters. The Labute approximate surface area is 183 Å². The molecule has 3 amide bonds. The van der Waals surface area contributed by atoms with Gasteiger partial charge in [-0.2, -0.15) is 0 Å². The molecule has 0 spiro atoms. The predicted octanol–water partition coefficient (Wildman–Crippen LogP) is 2.30. The highest BCUT2D eigenvalue weighted by molar-refractivity contribution is 7.88. The number of rotatable bonds is 7. The van der Waals surface area contributed by atoms with E-state index in [0.29, 0.717) is 18.7 Å². The van der Waals surface area contributed by atoms with Gasteiger partial charge in [-0.1, -0.05) is 42.5 Å². The summed E-state index contributed by atoms with van der Waals surface area (Å²) in [5.74, 6) is -0.452. The van der Waals surface area contributed by atoms with Gasteiger partial charge in [-0.05, 0) is 43.1 Å². The average Bonchev–Trinajstić information content (AvgIpc) is 2.78. The molecule has 2 aromatic carbocycles. The van der Waals surface area contributed by atoms with Crippen molar-refractivity contribution < 1.29 is 18.0 Å². The van der Waals surface area contributed by atoms with Crippen LogP contribution in [0.3, 0.4) is 0 Å². The molecular weight excluding hydrogens is 416 g/mol. The fourth-order valence-corrected chi connectivity index (χ4v) is 4.31. The zero-order chi connectivity index (χ0) is 22.3. The second kappa shape index (κ2) is 10.4. The van der Waals surface area contributed by atoms with Crippen molar-refractivity contribution in [1.29, 1.82) is 0 Å². The lowest BCUT2D eigenvalue weighted by Crippen LogP contribution is -2.47. The van der Waals surface area contributed by atoms with E-state index in [0.717, 1.165) is 24.1 Å². The summed E-state index contributed by atoms with van der Waals surface area (Å²) in [6, 6.07) is 16.2. The third kappa shape index (κ3) is 6.80. The number of nitrogens with one attached hydrogen (secondary N) is 3. The first kappa shape index (κ1) is 22.8. The van der Waals surface area contributed by atoms with E-state index in [1.165, 1.54) is 7.05 Å². The zero-order valence-corrected chi connectivity index (χ0v) is 18.3. The Morgan fingerprint density at radius 2 is 1.81 bits per heavy atom. The lowest BCUT2D eigenvalue weighted by atomic mass is 9.97. The van der Waals surface area contributed by atoms with Crippen LogP contribution >= 0.6 is 0 Å². The summed E-state index contributed by atoms with van der Waals surface area (Å²) in [5, 5.41) is 5.78. The van der Waals surface area contributed by atoms with Gasteiger partial charge in [0.25, 0.3) is 0 Å². The Morgan fingerprint density at radius 1 is 1.06 bits per heavy atom. The number of amides is 3. The standard InChI is InChI=1S/C22H28N4O4S/c1-23-31(29,30)16-18-8-5-7-17(13-18)14-24-22(28)26-12-6-9-19(15-26)21(27)25-20-10-3-2-4-11-20/h2-5,7-8,10-11,13,19,23H,6,9,12,14-16H2,1H3,(H,24,28)(H,25,27). The first-order valence-corrected chi connectivity index (χ1v) is 11.9. The number of urea groups is 1.